The van der Waals surface area contributed by atoms with Crippen molar-refractivity contribution in [2.24, 2.45) is 0 Å². The topological polar surface area (TPSA) is 78.7 Å². The van der Waals surface area contributed by atoms with Gasteiger partial charge in [-0.15, -0.1) is 11.3 Å². The summed E-state index contributed by atoms with van der Waals surface area (Å²) in [5.41, 5.74) is 0.473. The van der Waals surface area contributed by atoms with Crippen molar-refractivity contribution in [3.8, 4) is 0 Å². The molecule has 0 atom stereocenters. The Labute approximate surface area is 170 Å². The van der Waals surface area contributed by atoms with E-state index < -0.39 is 4.92 Å². The Morgan fingerprint density at radius 1 is 1.19 bits per heavy atom. The molecule has 144 valence electrons. The number of hydrogen-bond donors (Lipinski definition) is 1. The van der Waals surface area contributed by atoms with Crippen LogP contribution < -0.4 is 5.32 Å². The summed E-state index contributed by atoms with van der Waals surface area (Å²) in [5, 5.41) is 14.0. The molecule has 0 radical (unpaired) electrons. The lowest BCUT2D eigenvalue weighted by molar-refractivity contribution is -0.384. The Morgan fingerprint density at radius 2 is 1.93 bits per heavy atom. The lowest BCUT2D eigenvalue weighted by atomic mass is 10.2. The van der Waals surface area contributed by atoms with E-state index in [4.69, 9.17) is 0 Å². The van der Waals surface area contributed by atoms with Gasteiger partial charge in [0.15, 0.2) is 0 Å². The first-order valence-corrected chi connectivity index (χ1v) is 10.4. The van der Waals surface area contributed by atoms with E-state index in [2.05, 4.69) is 38.3 Å². The number of carbonyl (C=O) groups is 1. The maximum absolute atomic E-state index is 12.4. The Hall–Kier alpha value is -1.97. The molecule has 1 saturated heterocycles. The third kappa shape index (κ3) is 5.50. The van der Waals surface area contributed by atoms with Gasteiger partial charge in [0, 0.05) is 56.6 Å². The highest BCUT2D eigenvalue weighted by Crippen LogP contribution is 2.24. The van der Waals surface area contributed by atoms with E-state index in [0.29, 0.717) is 18.7 Å². The average Bonchev–Trinajstić information content (AvgIpc) is 3.07. The molecule has 1 aromatic heterocycles. The largest absolute Gasteiger partial charge is 0.379 e. The fraction of sp³-hybridized carbons (Fsp3) is 0.389. The monoisotopic (exact) mass is 452 g/mol. The first-order valence-electron chi connectivity index (χ1n) is 8.74. The fourth-order valence-corrected chi connectivity index (χ4v) is 4.58. The van der Waals surface area contributed by atoms with Crippen LogP contribution in [0.2, 0.25) is 0 Å². The molecule has 0 saturated carbocycles. The van der Waals surface area contributed by atoms with Crippen molar-refractivity contribution in [1.29, 1.82) is 0 Å². The Kier molecular flexibility index (Phi) is 6.81. The smallest absolute Gasteiger partial charge is 0.292 e. The van der Waals surface area contributed by atoms with Crippen LogP contribution in [0.25, 0.3) is 0 Å². The van der Waals surface area contributed by atoms with Crippen LogP contribution in [0.15, 0.2) is 40.2 Å². The summed E-state index contributed by atoms with van der Waals surface area (Å²) in [6.07, 6.45) is 0.323. The molecule has 1 fully saturated rings. The third-order valence-electron chi connectivity index (χ3n) is 4.49. The maximum atomic E-state index is 12.4. The van der Waals surface area contributed by atoms with E-state index in [1.54, 1.807) is 29.5 Å². The number of thiophene rings is 1. The number of nitrogens with zero attached hydrogens (tertiary/aromatic N) is 3. The highest BCUT2D eigenvalue weighted by atomic mass is 79.9. The van der Waals surface area contributed by atoms with E-state index in [9.17, 15) is 14.9 Å². The standard InChI is InChI=1S/C18H21BrN4O3S/c19-17-6-5-14(27-17)13-21-9-11-22(12-10-21)18(24)7-8-20-15-3-1-2-4-16(15)23(25)26/h1-6,20H,7-13H2. The van der Waals surface area contributed by atoms with Crippen LogP contribution in [0.3, 0.4) is 0 Å². The number of piperazine rings is 1. The van der Waals surface area contributed by atoms with Crippen molar-refractivity contribution >= 4 is 44.5 Å². The molecule has 2 heterocycles. The van der Waals surface area contributed by atoms with Crippen LogP contribution in [-0.4, -0.2) is 53.4 Å². The molecule has 0 spiro atoms. The summed E-state index contributed by atoms with van der Waals surface area (Å²) in [6, 6.07) is 10.7. The van der Waals surface area contributed by atoms with E-state index in [1.807, 2.05) is 4.90 Å². The molecular weight excluding hydrogens is 432 g/mol. The van der Waals surface area contributed by atoms with E-state index in [0.717, 1.165) is 36.5 Å². The molecule has 1 aromatic carbocycles. The van der Waals surface area contributed by atoms with Gasteiger partial charge in [0.05, 0.1) is 8.71 Å². The minimum Gasteiger partial charge on any atom is -0.379 e. The van der Waals surface area contributed by atoms with Crippen molar-refractivity contribution < 1.29 is 9.72 Å². The summed E-state index contributed by atoms with van der Waals surface area (Å²) in [4.78, 5) is 28.5. The second-order valence-corrected chi connectivity index (χ2v) is 8.86. The lowest BCUT2D eigenvalue weighted by Crippen LogP contribution is -2.48. The summed E-state index contributed by atoms with van der Waals surface area (Å²) in [5.74, 6) is 0.0830. The highest BCUT2D eigenvalue weighted by Gasteiger charge is 2.21. The predicted octanol–water partition coefficient (Wildman–Crippen LogP) is 3.57. The van der Waals surface area contributed by atoms with Crippen molar-refractivity contribution in [2.75, 3.05) is 38.0 Å². The van der Waals surface area contributed by atoms with E-state index in [-0.39, 0.29) is 11.6 Å². The van der Waals surface area contributed by atoms with Crippen LogP contribution in [0, 0.1) is 10.1 Å². The van der Waals surface area contributed by atoms with Crippen molar-refractivity contribution in [3.05, 3.63) is 55.2 Å². The number of hydrogen-bond acceptors (Lipinski definition) is 6. The molecule has 1 aliphatic heterocycles. The Balaban J connectivity index is 1.41. The zero-order valence-electron chi connectivity index (χ0n) is 14.8. The normalized spacial score (nSPS) is 14.9. The number of carbonyl (C=O) groups excluding carboxylic acids is 1. The number of halogens is 1. The molecule has 0 unspecified atom stereocenters. The molecule has 1 amide bonds. The number of para-hydroxylation sites is 2. The van der Waals surface area contributed by atoms with Gasteiger partial charge in [0.2, 0.25) is 5.91 Å². The minimum absolute atomic E-state index is 0.0266. The molecule has 3 rings (SSSR count). The molecule has 7 nitrogen and oxygen atoms in total. The van der Waals surface area contributed by atoms with E-state index >= 15 is 0 Å². The molecule has 0 bridgehead atoms. The number of amides is 1. The number of nitro groups is 1. The SMILES string of the molecule is O=C(CCNc1ccccc1[N+](=O)[O-])N1CCN(Cc2ccc(Br)s2)CC1. The van der Waals surface area contributed by atoms with Crippen LogP contribution >= 0.6 is 27.3 Å². The predicted molar refractivity (Wildman–Crippen MR) is 110 cm³/mol. The first kappa shape index (κ1) is 19.8. The molecule has 1 N–H and O–H groups in total. The molecule has 9 heteroatoms. The minimum atomic E-state index is -0.421. The Bertz CT molecular complexity index is 805. The van der Waals surface area contributed by atoms with Gasteiger partial charge in [-0.25, -0.2) is 0 Å². The van der Waals surface area contributed by atoms with Crippen LogP contribution in [0.4, 0.5) is 11.4 Å². The third-order valence-corrected chi connectivity index (χ3v) is 6.10. The lowest BCUT2D eigenvalue weighted by Gasteiger charge is -2.34. The van der Waals surface area contributed by atoms with Crippen LogP contribution in [0.1, 0.15) is 11.3 Å². The summed E-state index contributed by atoms with van der Waals surface area (Å²) >= 11 is 5.22. The van der Waals surface area contributed by atoms with Gasteiger partial charge in [-0.05, 0) is 34.1 Å². The number of benzene rings is 1. The van der Waals surface area contributed by atoms with Crippen LogP contribution in [0.5, 0.6) is 0 Å². The fourth-order valence-electron chi connectivity index (χ4n) is 3.06. The summed E-state index contributed by atoms with van der Waals surface area (Å²) in [7, 11) is 0. The quantitative estimate of drug-likeness (QED) is 0.513. The average molecular weight is 453 g/mol. The van der Waals surface area contributed by atoms with E-state index in [1.165, 1.54) is 10.9 Å². The zero-order valence-corrected chi connectivity index (χ0v) is 17.2. The number of nitro benzene ring substituents is 1. The van der Waals surface area contributed by atoms with Gasteiger partial charge in [-0.3, -0.25) is 19.8 Å². The van der Waals surface area contributed by atoms with Gasteiger partial charge >= 0.3 is 0 Å². The highest BCUT2D eigenvalue weighted by molar-refractivity contribution is 9.11. The maximum Gasteiger partial charge on any atom is 0.292 e. The summed E-state index contributed by atoms with van der Waals surface area (Å²) in [6.45, 7) is 4.45. The van der Waals surface area contributed by atoms with Gasteiger partial charge in [0.1, 0.15) is 5.69 Å². The molecular formula is C18H21BrN4O3S. The molecule has 27 heavy (non-hydrogen) atoms. The first-order chi connectivity index (χ1) is 13.0. The van der Waals surface area contributed by atoms with Crippen molar-refractivity contribution in [1.82, 2.24) is 9.80 Å². The zero-order chi connectivity index (χ0) is 19.2. The molecule has 0 aliphatic carbocycles. The number of rotatable bonds is 7. The van der Waals surface area contributed by atoms with Gasteiger partial charge < -0.3 is 10.2 Å². The van der Waals surface area contributed by atoms with Gasteiger partial charge in [-0.1, -0.05) is 12.1 Å². The van der Waals surface area contributed by atoms with Crippen molar-refractivity contribution in [2.45, 2.75) is 13.0 Å². The number of anilines is 1. The van der Waals surface area contributed by atoms with Crippen molar-refractivity contribution in [3.63, 3.8) is 0 Å². The second-order valence-electron chi connectivity index (χ2n) is 6.31. The van der Waals surface area contributed by atoms with Crippen LogP contribution in [-0.2, 0) is 11.3 Å². The number of nitrogens with one attached hydrogen (secondary N) is 1. The molecule has 1 aliphatic rings. The molecule has 2 aromatic rings. The second kappa shape index (κ2) is 9.29. The summed E-state index contributed by atoms with van der Waals surface area (Å²) < 4.78 is 1.14. The Morgan fingerprint density at radius 3 is 2.59 bits per heavy atom. The van der Waals surface area contributed by atoms with Gasteiger partial charge in [-0.2, -0.15) is 0 Å². The van der Waals surface area contributed by atoms with Gasteiger partial charge in [0.25, 0.3) is 5.69 Å².